The van der Waals surface area contributed by atoms with Crippen molar-refractivity contribution in [2.45, 2.75) is 24.2 Å². The molecule has 1 aliphatic heterocycles. The van der Waals surface area contributed by atoms with Gasteiger partial charge in [-0.25, -0.2) is 13.2 Å². The van der Waals surface area contributed by atoms with Crippen LogP contribution in [-0.2, 0) is 23.1 Å². The van der Waals surface area contributed by atoms with Crippen molar-refractivity contribution >= 4 is 27.3 Å². The van der Waals surface area contributed by atoms with Crippen LogP contribution >= 0.6 is 11.3 Å². The van der Waals surface area contributed by atoms with Gasteiger partial charge in [0.05, 0.1) is 12.1 Å². The zero-order chi connectivity index (χ0) is 15.2. The van der Waals surface area contributed by atoms with Crippen molar-refractivity contribution < 1.29 is 18.3 Å². The van der Waals surface area contributed by atoms with Crippen molar-refractivity contribution in [3.05, 3.63) is 40.5 Å². The first-order chi connectivity index (χ1) is 9.89. The number of aromatic nitrogens is 1. The maximum atomic E-state index is 12.6. The van der Waals surface area contributed by atoms with E-state index < -0.39 is 16.0 Å². The molecule has 0 atom stereocenters. The molecule has 21 heavy (non-hydrogen) atoms. The lowest BCUT2D eigenvalue weighted by Crippen LogP contribution is -2.37. The highest BCUT2D eigenvalue weighted by molar-refractivity contribution is 7.91. The van der Waals surface area contributed by atoms with E-state index in [1.54, 1.807) is 6.92 Å². The Labute approximate surface area is 126 Å². The summed E-state index contributed by atoms with van der Waals surface area (Å²) in [5.41, 5.74) is 0.996. The molecule has 2 aromatic heterocycles. The second-order valence-corrected chi connectivity index (χ2v) is 8.29. The molecular formula is C13H14N2O4S2. The van der Waals surface area contributed by atoms with E-state index >= 15 is 0 Å². The van der Waals surface area contributed by atoms with Gasteiger partial charge in [0.15, 0.2) is 0 Å². The molecule has 1 aliphatic rings. The van der Waals surface area contributed by atoms with Crippen LogP contribution in [0.25, 0.3) is 0 Å². The van der Waals surface area contributed by atoms with E-state index in [0.29, 0.717) is 24.5 Å². The van der Waals surface area contributed by atoms with E-state index in [9.17, 15) is 13.2 Å². The molecular weight excluding hydrogens is 312 g/mol. The van der Waals surface area contributed by atoms with Crippen molar-refractivity contribution in [2.75, 3.05) is 6.54 Å². The van der Waals surface area contributed by atoms with Crippen LogP contribution < -0.4 is 0 Å². The van der Waals surface area contributed by atoms with E-state index in [1.807, 2.05) is 22.9 Å². The molecule has 1 N–H and O–H groups in total. The Balaban J connectivity index is 1.95. The summed E-state index contributed by atoms with van der Waals surface area (Å²) in [4.78, 5) is 11.6. The van der Waals surface area contributed by atoms with Gasteiger partial charge >= 0.3 is 5.97 Å². The van der Waals surface area contributed by atoms with Crippen LogP contribution in [0.3, 0.4) is 0 Å². The van der Waals surface area contributed by atoms with Crippen LogP contribution in [-0.4, -0.2) is 34.9 Å². The van der Waals surface area contributed by atoms with Gasteiger partial charge in [-0.05, 0) is 25.1 Å². The predicted molar refractivity (Wildman–Crippen MR) is 78.0 cm³/mol. The zero-order valence-corrected chi connectivity index (χ0v) is 12.9. The third kappa shape index (κ3) is 2.39. The second-order valence-electron chi connectivity index (χ2n) is 4.87. The van der Waals surface area contributed by atoms with Crippen molar-refractivity contribution in [2.24, 2.45) is 0 Å². The monoisotopic (exact) mass is 326 g/mol. The molecule has 0 saturated carbocycles. The molecule has 0 spiro atoms. The van der Waals surface area contributed by atoms with Gasteiger partial charge in [0.2, 0.25) is 0 Å². The Morgan fingerprint density at radius 3 is 2.81 bits per heavy atom. The number of hydrogen-bond donors (Lipinski definition) is 1. The van der Waals surface area contributed by atoms with Gasteiger partial charge < -0.3 is 9.67 Å². The highest BCUT2D eigenvalue weighted by Crippen LogP contribution is 2.30. The SMILES string of the molecule is Cc1sc(S(=O)(=O)N2CCn3cccc3C2)cc1C(=O)O. The minimum Gasteiger partial charge on any atom is -0.478 e. The number of fused-ring (bicyclic) bond motifs is 1. The number of nitrogens with zero attached hydrogens (tertiary/aromatic N) is 2. The smallest absolute Gasteiger partial charge is 0.336 e. The lowest BCUT2D eigenvalue weighted by molar-refractivity contribution is 0.0696. The Morgan fingerprint density at radius 1 is 1.38 bits per heavy atom. The molecule has 3 heterocycles. The third-order valence-electron chi connectivity index (χ3n) is 3.57. The first-order valence-electron chi connectivity index (χ1n) is 6.37. The second kappa shape index (κ2) is 4.97. The number of hydrogen-bond acceptors (Lipinski definition) is 4. The summed E-state index contributed by atoms with van der Waals surface area (Å²) in [6.07, 6.45) is 1.93. The minimum atomic E-state index is -3.64. The van der Waals surface area contributed by atoms with E-state index in [-0.39, 0.29) is 9.77 Å². The standard InChI is InChI=1S/C13H14N2O4S2/c1-9-11(13(16)17)7-12(20-9)21(18,19)15-6-5-14-4-2-3-10(14)8-15/h2-4,7H,5-6,8H2,1H3,(H,16,17). The molecule has 0 bridgehead atoms. The summed E-state index contributed by atoms with van der Waals surface area (Å²) < 4.78 is 28.8. The Morgan fingerprint density at radius 2 is 2.14 bits per heavy atom. The normalized spacial score (nSPS) is 15.9. The molecule has 0 aromatic carbocycles. The van der Waals surface area contributed by atoms with Crippen molar-refractivity contribution in [3.8, 4) is 0 Å². The summed E-state index contributed by atoms with van der Waals surface area (Å²) in [6.45, 7) is 2.93. The lowest BCUT2D eigenvalue weighted by atomic mass is 10.3. The Kier molecular flexibility index (Phi) is 3.39. The maximum absolute atomic E-state index is 12.6. The number of rotatable bonds is 3. The van der Waals surface area contributed by atoms with Gasteiger partial charge in [0.1, 0.15) is 4.21 Å². The van der Waals surface area contributed by atoms with Crippen molar-refractivity contribution in [3.63, 3.8) is 0 Å². The number of aromatic carboxylic acids is 1. The number of carboxylic acids is 1. The number of thiophene rings is 1. The maximum Gasteiger partial charge on any atom is 0.336 e. The molecule has 0 radical (unpaired) electrons. The molecule has 0 unspecified atom stereocenters. The average molecular weight is 326 g/mol. The molecule has 2 aromatic rings. The summed E-state index contributed by atoms with van der Waals surface area (Å²) in [6, 6.07) is 5.04. The lowest BCUT2D eigenvalue weighted by Gasteiger charge is -2.27. The molecule has 112 valence electrons. The van der Waals surface area contributed by atoms with E-state index in [4.69, 9.17) is 5.11 Å². The predicted octanol–water partition coefficient (Wildman–Crippen LogP) is 1.76. The average Bonchev–Trinajstić information content (AvgIpc) is 3.03. The summed E-state index contributed by atoms with van der Waals surface area (Å²) in [5, 5.41) is 9.05. The van der Waals surface area contributed by atoms with Crippen LogP contribution in [0.15, 0.2) is 28.6 Å². The summed E-state index contributed by atoms with van der Waals surface area (Å²) in [5.74, 6) is -1.10. The van der Waals surface area contributed by atoms with Crippen LogP contribution in [0.2, 0.25) is 0 Å². The topological polar surface area (TPSA) is 79.6 Å². The van der Waals surface area contributed by atoms with Crippen molar-refractivity contribution in [1.82, 2.24) is 8.87 Å². The van der Waals surface area contributed by atoms with E-state index in [1.165, 1.54) is 10.4 Å². The van der Waals surface area contributed by atoms with Crippen LogP contribution in [0.4, 0.5) is 0 Å². The van der Waals surface area contributed by atoms with Gasteiger partial charge in [0, 0.05) is 29.9 Å². The van der Waals surface area contributed by atoms with Gasteiger partial charge in [0.25, 0.3) is 10.0 Å². The third-order valence-corrected chi connectivity index (χ3v) is 6.92. The number of sulfonamides is 1. The van der Waals surface area contributed by atoms with E-state index in [0.717, 1.165) is 17.0 Å². The van der Waals surface area contributed by atoms with Gasteiger partial charge in [-0.3, -0.25) is 0 Å². The Bertz CT molecular complexity index is 804. The highest BCUT2D eigenvalue weighted by Gasteiger charge is 2.30. The first kappa shape index (κ1) is 14.3. The van der Waals surface area contributed by atoms with Gasteiger partial charge in [-0.1, -0.05) is 0 Å². The molecule has 0 fully saturated rings. The fourth-order valence-electron chi connectivity index (χ4n) is 2.42. The molecule has 3 rings (SSSR count). The van der Waals surface area contributed by atoms with Gasteiger partial charge in [-0.15, -0.1) is 11.3 Å². The fraction of sp³-hybridized carbons (Fsp3) is 0.308. The molecule has 6 nitrogen and oxygen atoms in total. The quantitative estimate of drug-likeness (QED) is 0.932. The molecule has 0 amide bonds. The number of carbonyl (C=O) groups is 1. The molecule has 0 aliphatic carbocycles. The minimum absolute atomic E-state index is 0.0546. The van der Waals surface area contributed by atoms with Crippen LogP contribution in [0, 0.1) is 6.92 Å². The summed E-state index contributed by atoms with van der Waals surface area (Å²) in [7, 11) is -3.64. The van der Waals surface area contributed by atoms with E-state index in [2.05, 4.69) is 0 Å². The van der Waals surface area contributed by atoms with Crippen LogP contribution in [0.5, 0.6) is 0 Å². The molecule has 0 saturated heterocycles. The van der Waals surface area contributed by atoms with Gasteiger partial charge in [-0.2, -0.15) is 4.31 Å². The van der Waals surface area contributed by atoms with Crippen molar-refractivity contribution in [1.29, 1.82) is 0 Å². The zero-order valence-electron chi connectivity index (χ0n) is 11.3. The van der Waals surface area contributed by atoms with Crippen LogP contribution in [0.1, 0.15) is 20.9 Å². The number of aryl methyl sites for hydroxylation is 1. The number of carboxylic acid groups (broad SMARTS) is 1. The fourth-order valence-corrected chi connectivity index (χ4v) is 5.41. The Hall–Kier alpha value is -1.64. The highest BCUT2D eigenvalue weighted by atomic mass is 32.2. The summed E-state index contributed by atoms with van der Waals surface area (Å²) >= 11 is 1.01. The largest absolute Gasteiger partial charge is 0.478 e. The first-order valence-corrected chi connectivity index (χ1v) is 8.63. The molecule has 8 heteroatoms.